The molecule has 0 unspecified atom stereocenters. The molecule has 1 saturated heterocycles. The Bertz CT molecular complexity index is 563. The van der Waals surface area contributed by atoms with Gasteiger partial charge in [0.25, 0.3) is 5.91 Å². The zero-order chi connectivity index (χ0) is 17.0. The summed E-state index contributed by atoms with van der Waals surface area (Å²) in [6.45, 7) is 0.554. The van der Waals surface area contributed by atoms with Crippen molar-refractivity contribution in [3.8, 4) is 5.75 Å². The number of rotatable bonds is 5. The van der Waals surface area contributed by atoms with Crippen LogP contribution in [-0.2, 0) is 9.53 Å². The summed E-state index contributed by atoms with van der Waals surface area (Å²) in [5.41, 5.74) is 6.32. The van der Waals surface area contributed by atoms with Crippen molar-refractivity contribution >= 4 is 11.6 Å². The van der Waals surface area contributed by atoms with Crippen molar-refractivity contribution in [1.82, 2.24) is 0 Å². The summed E-state index contributed by atoms with van der Waals surface area (Å²) in [5, 5.41) is 2.67. The van der Waals surface area contributed by atoms with E-state index in [1.807, 2.05) is 0 Å². The number of nitrogens with two attached hydrogens (primary N) is 1. The van der Waals surface area contributed by atoms with Gasteiger partial charge in [-0.2, -0.15) is 13.2 Å². The lowest BCUT2D eigenvalue weighted by atomic mass is 10.1. The number of nitrogens with one attached hydrogen (secondary N) is 1. The van der Waals surface area contributed by atoms with Crippen LogP contribution in [-0.4, -0.2) is 37.4 Å². The van der Waals surface area contributed by atoms with E-state index >= 15 is 0 Å². The quantitative estimate of drug-likeness (QED) is 0.868. The molecule has 1 aliphatic heterocycles. The predicted molar refractivity (Wildman–Crippen MR) is 78.3 cm³/mol. The van der Waals surface area contributed by atoms with E-state index in [1.54, 1.807) is 13.0 Å². The summed E-state index contributed by atoms with van der Waals surface area (Å²) in [4.78, 5) is 12.2. The second-order valence-electron chi connectivity index (χ2n) is 5.38. The molecule has 3 N–H and O–H groups in total. The first kappa shape index (κ1) is 17.6. The van der Waals surface area contributed by atoms with E-state index in [4.69, 9.17) is 15.2 Å². The van der Waals surface area contributed by atoms with Crippen LogP contribution in [0.25, 0.3) is 0 Å². The molecule has 1 amide bonds. The molecule has 0 aliphatic carbocycles. The first-order valence-electron chi connectivity index (χ1n) is 7.25. The van der Waals surface area contributed by atoms with Crippen molar-refractivity contribution in [1.29, 1.82) is 0 Å². The average Bonchev–Trinajstić information content (AvgIpc) is 2.96. The lowest BCUT2D eigenvalue weighted by molar-refractivity contribution is -0.153. The van der Waals surface area contributed by atoms with Gasteiger partial charge in [-0.25, -0.2) is 0 Å². The van der Waals surface area contributed by atoms with Gasteiger partial charge in [-0.05, 0) is 31.9 Å². The molecule has 8 heteroatoms. The SMILES string of the molecule is Cc1c(NC(=O)[C@@H]2CC[C@H](CN)O2)cccc1OCC(F)(F)F. The first-order valence-corrected chi connectivity index (χ1v) is 7.25. The molecule has 1 aromatic rings. The molecule has 0 radical (unpaired) electrons. The number of hydrogen-bond acceptors (Lipinski definition) is 4. The predicted octanol–water partition coefficient (Wildman–Crippen LogP) is 2.38. The average molecular weight is 332 g/mol. The molecule has 1 fully saturated rings. The van der Waals surface area contributed by atoms with Gasteiger partial charge in [-0.15, -0.1) is 0 Å². The Morgan fingerprint density at radius 1 is 1.43 bits per heavy atom. The summed E-state index contributed by atoms with van der Waals surface area (Å²) in [6.07, 6.45) is -3.86. The van der Waals surface area contributed by atoms with Crippen LogP contribution in [0.15, 0.2) is 18.2 Å². The first-order chi connectivity index (χ1) is 10.8. The van der Waals surface area contributed by atoms with Gasteiger partial charge in [-0.3, -0.25) is 4.79 Å². The van der Waals surface area contributed by atoms with E-state index in [1.165, 1.54) is 12.1 Å². The number of amides is 1. The molecule has 1 heterocycles. The van der Waals surface area contributed by atoms with Gasteiger partial charge in [-0.1, -0.05) is 6.07 Å². The van der Waals surface area contributed by atoms with Crippen LogP contribution in [0.2, 0.25) is 0 Å². The molecule has 1 aromatic carbocycles. The van der Waals surface area contributed by atoms with Gasteiger partial charge in [0.2, 0.25) is 0 Å². The molecular formula is C15H19F3N2O3. The molecule has 0 bridgehead atoms. The monoisotopic (exact) mass is 332 g/mol. The minimum Gasteiger partial charge on any atom is -0.484 e. The molecule has 23 heavy (non-hydrogen) atoms. The van der Waals surface area contributed by atoms with E-state index in [-0.39, 0.29) is 17.8 Å². The van der Waals surface area contributed by atoms with Crippen molar-refractivity contribution in [2.24, 2.45) is 5.73 Å². The summed E-state index contributed by atoms with van der Waals surface area (Å²) in [7, 11) is 0. The van der Waals surface area contributed by atoms with E-state index in [9.17, 15) is 18.0 Å². The largest absolute Gasteiger partial charge is 0.484 e. The third-order valence-electron chi connectivity index (χ3n) is 3.60. The number of benzene rings is 1. The smallest absolute Gasteiger partial charge is 0.422 e. The Labute approximate surface area is 131 Å². The Morgan fingerprint density at radius 2 is 2.17 bits per heavy atom. The number of halogens is 3. The van der Waals surface area contributed by atoms with Gasteiger partial charge in [0, 0.05) is 17.8 Å². The van der Waals surface area contributed by atoms with Gasteiger partial charge in [0.1, 0.15) is 11.9 Å². The summed E-state index contributed by atoms with van der Waals surface area (Å²) >= 11 is 0. The summed E-state index contributed by atoms with van der Waals surface area (Å²) in [5.74, 6) is -0.260. The maximum atomic E-state index is 12.2. The molecule has 2 atom stereocenters. The fraction of sp³-hybridized carbons (Fsp3) is 0.533. The van der Waals surface area contributed by atoms with Crippen LogP contribution in [0.1, 0.15) is 18.4 Å². The van der Waals surface area contributed by atoms with Gasteiger partial charge < -0.3 is 20.5 Å². The highest BCUT2D eigenvalue weighted by molar-refractivity contribution is 5.95. The normalized spacial score (nSPS) is 21.3. The van der Waals surface area contributed by atoms with Crippen LogP contribution in [0.5, 0.6) is 5.75 Å². The Kier molecular flexibility index (Phi) is 5.48. The van der Waals surface area contributed by atoms with Crippen molar-refractivity contribution in [2.45, 2.75) is 38.1 Å². The molecule has 0 saturated carbocycles. The third-order valence-corrected chi connectivity index (χ3v) is 3.60. The number of ether oxygens (including phenoxy) is 2. The zero-order valence-electron chi connectivity index (χ0n) is 12.7. The van der Waals surface area contributed by atoms with Crippen molar-refractivity contribution in [3.05, 3.63) is 23.8 Å². The highest BCUT2D eigenvalue weighted by Crippen LogP contribution is 2.28. The second kappa shape index (κ2) is 7.18. The molecule has 128 valence electrons. The minimum atomic E-state index is -4.42. The molecule has 0 aromatic heterocycles. The Morgan fingerprint density at radius 3 is 2.78 bits per heavy atom. The van der Waals surface area contributed by atoms with Crippen LogP contribution < -0.4 is 15.8 Å². The number of carbonyl (C=O) groups excluding carboxylic acids is 1. The van der Waals surface area contributed by atoms with E-state index in [0.717, 1.165) is 0 Å². The molecule has 1 aliphatic rings. The van der Waals surface area contributed by atoms with E-state index in [0.29, 0.717) is 30.6 Å². The summed E-state index contributed by atoms with van der Waals surface area (Å²) in [6, 6.07) is 4.54. The standard InChI is InChI=1S/C15H19F3N2O3/c1-9-11(3-2-4-12(9)22-8-15(16,17)18)20-14(21)13-6-5-10(7-19)23-13/h2-4,10,13H,5-8,19H2,1H3,(H,20,21)/t10-,13+/m1/s1. The van der Waals surface area contributed by atoms with Crippen molar-refractivity contribution in [3.63, 3.8) is 0 Å². The van der Waals surface area contributed by atoms with Crippen LogP contribution >= 0.6 is 0 Å². The molecule has 5 nitrogen and oxygen atoms in total. The fourth-order valence-electron chi connectivity index (χ4n) is 2.35. The maximum absolute atomic E-state index is 12.2. The second-order valence-corrected chi connectivity index (χ2v) is 5.38. The number of carbonyl (C=O) groups is 1. The molecule has 2 rings (SSSR count). The highest BCUT2D eigenvalue weighted by Gasteiger charge is 2.31. The van der Waals surface area contributed by atoms with Gasteiger partial charge in [0.05, 0.1) is 6.10 Å². The van der Waals surface area contributed by atoms with Gasteiger partial charge in [0.15, 0.2) is 6.61 Å². The fourth-order valence-corrected chi connectivity index (χ4v) is 2.35. The summed E-state index contributed by atoms with van der Waals surface area (Å²) < 4.78 is 47.0. The topological polar surface area (TPSA) is 73.6 Å². The van der Waals surface area contributed by atoms with Crippen LogP contribution in [0, 0.1) is 6.92 Å². The van der Waals surface area contributed by atoms with Gasteiger partial charge >= 0.3 is 6.18 Å². The lowest BCUT2D eigenvalue weighted by Crippen LogP contribution is -2.30. The highest BCUT2D eigenvalue weighted by atomic mass is 19.4. The number of hydrogen-bond donors (Lipinski definition) is 2. The van der Waals surface area contributed by atoms with E-state index in [2.05, 4.69) is 5.32 Å². The Balaban J connectivity index is 2.01. The molecular weight excluding hydrogens is 313 g/mol. The maximum Gasteiger partial charge on any atom is 0.422 e. The van der Waals surface area contributed by atoms with Crippen molar-refractivity contribution < 1.29 is 27.4 Å². The third kappa shape index (κ3) is 4.84. The van der Waals surface area contributed by atoms with E-state index < -0.39 is 18.9 Å². The zero-order valence-corrected chi connectivity index (χ0v) is 12.7. The van der Waals surface area contributed by atoms with Crippen LogP contribution in [0.3, 0.4) is 0 Å². The number of alkyl halides is 3. The van der Waals surface area contributed by atoms with Crippen LogP contribution in [0.4, 0.5) is 18.9 Å². The Hall–Kier alpha value is -1.80. The van der Waals surface area contributed by atoms with Crippen molar-refractivity contribution in [2.75, 3.05) is 18.5 Å². The lowest BCUT2D eigenvalue weighted by Gasteiger charge is -2.16. The molecule has 0 spiro atoms. The number of anilines is 1. The minimum absolute atomic E-state index is 0.0762.